The van der Waals surface area contributed by atoms with Gasteiger partial charge in [-0.3, -0.25) is 4.79 Å². The molecule has 1 aromatic rings. The number of rotatable bonds is 5. The Kier molecular flexibility index (Phi) is 5.71. The molecule has 1 fully saturated rings. The molecule has 3 unspecified atom stereocenters. The monoisotopic (exact) mass is 305 g/mol. The van der Waals surface area contributed by atoms with E-state index in [4.69, 9.17) is 5.73 Å². The summed E-state index contributed by atoms with van der Waals surface area (Å²) in [5.74, 6) is 1.12. The van der Waals surface area contributed by atoms with E-state index in [9.17, 15) is 4.79 Å². The van der Waals surface area contributed by atoms with E-state index in [-0.39, 0.29) is 17.9 Å². The molecular weight excluding hydrogens is 278 g/mol. The molecule has 0 bridgehead atoms. The standard InChI is InChI=1S/C16H27N5O/c1-4-12(2)15(17)16(22)20(3)13-7-6-10-21(11-13)14-8-5-9-18-19-14/h5,8-9,12-13,15H,4,6-7,10-11,17H2,1-3H3. The highest BCUT2D eigenvalue weighted by Crippen LogP contribution is 2.20. The van der Waals surface area contributed by atoms with Crippen molar-refractivity contribution in [3.05, 3.63) is 18.3 Å². The average molecular weight is 305 g/mol. The number of anilines is 1. The summed E-state index contributed by atoms with van der Waals surface area (Å²) in [6.45, 7) is 5.83. The maximum absolute atomic E-state index is 12.5. The molecule has 2 rings (SSSR count). The third kappa shape index (κ3) is 3.74. The molecule has 2 heterocycles. The smallest absolute Gasteiger partial charge is 0.239 e. The van der Waals surface area contributed by atoms with Crippen molar-refractivity contribution >= 4 is 11.7 Å². The van der Waals surface area contributed by atoms with Gasteiger partial charge in [-0.15, -0.1) is 5.10 Å². The van der Waals surface area contributed by atoms with Crippen molar-refractivity contribution in [3.8, 4) is 0 Å². The molecule has 1 aliphatic rings. The molecule has 0 aliphatic carbocycles. The van der Waals surface area contributed by atoms with E-state index in [1.807, 2.05) is 31.0 Å². The number of carbonyl (C=O) groups excluding carboxylic acids is 1. The molecule has 6 heteroatoms. The Morgan fingerprint density at radius 3 is 3.00 bits per heavy atom. The predicted molar refractivity (Wildman–Crippen MR) is 87.5 cm³/mol. The van der Waals surface area contributed by atoms with Crippen LogP contribution in [0.5, 0.6) is 0 Å². The van der Waals surface area contributed by atoms with E-state index in [0.29, 0.717) is 0 Å². The summed E-state index contributed by atoms with van der Waals surface area (Å²) in [5.41, 5.74) is 6.10. The van der Waals surface area contributed by atoms with E-state index >= 15 is 0 Å². The Morgan fingerprint density at radius 2 is 2.36 bits per heavy atom. The quantitative estimate of drug-likeness (QED) is 0.887. The van der Waals surface area contributed by atoms with Crippen LogP contribution in [-0.2, 0) is 4.79 Å². The molecule has 0 saturated carbocycles. The molecule has 1 aliphatic heterocycles. The van der Waals surface area contributed by atoms with Crippen molar-refractivity contribution in [1.29, 1.82) is 0 Å². The van der Waals surface area contributed by atoms with Gasteiger partial charge in [-0.25, -0.2) is 0 Å². The first-order valence-corrected chi connectivity index (χ1v) is 8.09. The third-order valence-corrected chi connectivity index (χ3v) is 4.72. The van der Waals surface area contributed by atoms with Crippen molar-refractivity contribution in [3.63, 3.8) is 0 Å². The maximum atomic E-state index is 12.5. The Labute approximate surface area is 132 Å². The van der Waals surface area contributed by atoms with Gasteiger partial charge in [0.2, 0.25) is 5.91 Å². The minimum Gasteiger partial charge on any atom is -0.353 e. The number of piperidine rings is 1. The molecule has 0 spiro atoms. The van der Waals surface area contributed by atoms with E-state index in [0.717, 1.165) is 38.2 Å². The normalized spacial score (nSPS) is 21.3. The van der Waals surface area contributed by atoms with Crippen LogP contribution in [0.2, 0.25) is 0 Å². The number of hydrogen-bond acceptors (Lipinski definition) is 5. The lowest BCUT2D eigenvalue weighted by molar-refractivity contribution is -0.134. The van der Waals surface area contributed by atoms with Crippen molar-refractivity contribution < 1.29 is 4.79 Å². The fourth-order valence-electron chi connectivity index (χ4n) is 2.85. The molecule has 1 saturated heterocycles. The van der Waals surface area contributed by atoms with Crippen LogP contribution in [0.1, 0.15) is 33.1 Å². The van der Waals surface area contributed by atoms with Gasteiger partial charge in [0, 0.05) is 32.4 Å². The predicted octanol–water partition coefficient (Wildman–Crippen LogP) is 1.28. The minimum absolute atomic E-state index is 0.0420. The molecule has 122 valence electrons. The summed E-state index contributed by atoms with van der Waals surface area (Å²) < 4.78 is 0. The Balaban J connectivity index is 2.01. The van der Waals surface area contributed by atoms with Crippen LogP contribution < -0.4 is 10.6 Å². The van der Waals surface area contributed by atoms with E-state index in [1.54, 1.807) is 6.20 Å². The highest BCUT2D eigenvalue weighted by molar-refractivity contribution is 5.82. The van der Waals surface area contributed by atoms with E-state index < -0.39 is 6.04 Å². The molecule has 6 nitrogen and oxygen atoms in total. The van der Waals surface area contributed by atoms with Crippen molar-refractivity contribution in [2.45, 2.75) is 45.2 Å². The van der Waals surface area contributed by atoms with Crippen LogP contribution >= 0.6 is 0 Å². The van der Waals surface area contributed by atoms with Gasteiger partial charge in [0.15, 0.2) is 5.82 Å². The summed E-state index contributed by atoms with van der Waals surface area (Å²) in [6.07, 6.45) is 4.63. The lowest BCUT2D eigenvalue weighted by Crippen LogP contribution is -2.54. The van der Waals surface area contributed by atoms with Gasteiger partial charge >= 0.3 is 0 Å². The first kappa shape index (κ1) is 16.7. The fraction of sp³-hybridized carbons (Fsp3) is 0.688. The van der Waals surface area contributed by atoms with Crippen LogP contribution in [0.15, 0.2) is 18.3 Å². The molecule has 22 heavy (non-hydrogen) atoms. The van der Waals surface area contributed by atoms with Gasteiger partial charge in [-0.05, 0) is 30.9 Å². The molecule has 0 radical (unpaired) electrons. The van der Waals surface area contributed by atoms with Crippen molar-refractivity contribution in [2.75, 3.05) is 25.0 Å². The largest absolute Gasteiger partial charge is 0.353 e. The lowest BCUT2D eigenvalue weighted by Gasteiger charge is -2.39. The summed E-state index contributed by atoms with van der Waals surface area (Å²) in [7, 11) is 1.87. The molecule has 1 aromatic heterocycles. The first-order valence-electron chi connectivity index (χ1n) is 8.09. The van der Waals surface area contributed by atoms with Gasteiger partial charge in [-0.1, -0.05) is 20.3 Å². The minimum atomic E-state index is -0.415. The molecule has 1 amide bonds. The Morgan fingerprint density at radius 1 is 1.59 bits per heavy atom. The highest BCUT2D eigenvalue weighted by Gasteiger charge is 2.30. The summed E-state index contributed by atoms with van der Waals surface area (Å²) >= 11 is 0. The number of nitrogens with two attached hydrogens (primary N) is 1. The Hall–Kier alpha value is -1.69. The van der Waals surface area contributed by atoms with Crippen LogP contribution in [0.4, 0.5) is 5.82 Å². The van der Waals surface area contributed by atoms with Gasteiger partial charge < -0.3 is 15.5 Å². The number of carbonyl (C=O) groups is 1. The molecule has 3 atom stereocenters. The zero-order chi connectivity index (χ0) is 16.1. The summed E-state index contributed by atoms with van der Waals surface area (Å²) in [6, 6.07) is 3.61. The number of aromatic nitrogens is 2. The summed E-state index contributed by atoms with van der Waals surface area (Å²) in [5, 5.41) is 8.10. The van der Waals surface area contributed by atoms with Crippen molar-refractivity contribution in [2.24, 2.45) is 11.7 Å². The molecule has 2 N–H and O–H groups in total. The second kappa shape index (κ2) is 7.54. The Bertz CT molecular complexity index is 481. The zero-order valence-electron chi connectivity index (χ0n) is 13.8. The molecular formula is C16H27N5O. The fourth-order valence-corrected chi connectivity index (χ4v) is 2.85. The summed E-state index contributed by atoms with van der Waals surface area (Å²) in [4.78, 5) is 16.6. The number of amides is 1. The van der Waals surface area contributed by atoms with Crippen LogP contribution in [0.3, 0.4) is 0 Å². The van der Waals surface area contributed by atoms with E-state index in [1.165, 1.54) is 0 Å². The first-order chi connectivity index (χ1) is 10.5. The SMILES string of the molecule is CCC(C)C(N)C(=O)N(C)C1CCCN(c2cccnn2)C1. The average Bonchev–Trinajstić information content (AvgIpc) is 2.60. The van der Waals surface area contributed by atoms with Gasteiger partial charge in [0.05, 0.1) is 6.04 Å². The van der Waals surface area contributed by atoms with Crippen LogP contribution in [0, 0.1) is 5.92 Å². The van der Waals surface area contributed by atoms with Crippen LogP contribution in [-0.4, -0.2) is 53.2 Å². The number of nitrogens with zero attached hydrogens (tertiary/aromatic N) is 4. The van der Waals surface area contributed by atoms with Crippen molar-refractivity contribution in [1.82, 2.24) is 15.1 Å². The second-order valence-corrected chi connectivity index (χ2v) is 6.18. The third-order valence-electron chi connectivity index (χ3n) is 4.72. The number of likely N-dealkylation sites (N-methyl/N-ethyl adjacent to an activating group) is 1. The maximum Gasteiger partial charge on any atom is 0.239 e. The van der Waals surface area contributed by atoms with Crippen LogP contribution in [0.25, 0.3) is 0 Å². The van der Waals surface area contributed by atoms with Gasteiger partial charge in [0.1, 0.15) is 0 Å². The zero-order valence-corrected chi connectivity index (χ0v) is 13.8. The van der Waals surface area contributed by atoms with E-state index in [2.05, 4.69) is 22.0 Å². The topological polar surface area (TPSA) is 75.4 Å². The van der Waals surface area contributed by atoms with Gasteiger partial charge in [0.25, 0.3) is 0 Å². The lowest BCUT2D eigenvalue weighted by atomic mass is 9.97. The second-order valence-electron chi connectivity index (χ2n) is 6.18. The highest BCUT2D eigenvalue weighted by atomic mass is 16.2. The van der Waals surface area contributed by atoms with Gasteiger partial charge in [-0.2, -0.15) is 5.10 Å². The molecule has 0 aromatic carbocycles. The number of hydrogen-bond donors (Lipinski definition) is 1.